The van der Waals surface area contributed by atoms with E-state index in [9.17, 15) is 22.8 Å². The zero-order valence-corrected chi connectivity index (χ0v) is 18.2. The summed E-state index contributed by atoms with van der Waals surface area (Å²) in [6.07, 6.45) is -4.71. The van der Waals surface area contributed by atoms with Crippen LogP contribution in [0.5, 0.6) is 0 Å². The molecular formula is C20H25BrF3NO4. The molecule has 5 nitrogen and oxygen atoms in total. The van der Waals surface area contributed by atoms with Gasteiger partial charge >= 0.3 is 12.1 Å². The van der Waals surface area contributed by atoms with Gasteiger partial charge in [0.2, 0.25) is 0 Å². The quantitative estimate of drug-likeness (QED) is 0.474. The second-order valence-electron chi connectivity index (χ2n) is 7.43. The third kappa shape index (κ3) is 5.00. The first-order valence-corrected chi connectivity index (χ1v) is 10.00. The Labute approximate surface area is 176 Å². The van der Waals surface area contributed by atoms with E-state index in [2.05, 4.69) is 21.2 Å². The largest absolute Gasteiger partial charge is 0.468 e. The highest BCUT2D eigenvalue weighted by molar-refractivity contribution is 9.10. The van der Waals surface area contributed by atoms with Crippen LogP contribution in [0.1, 0.15) is 36.8 Å². The maximum absolute atomic E-state index is 13.5. The zero-order valence-electron chi connectivity index (χ0n) is 16.6. The van der Waals surface area contributed by atoms with Gasteiger partial charge in [-0.25, -0.2) is 0 Å². The number of nitrogens with one attached hydrogen (secondary N) is 1. The van der Waals surface area contributed by atoms with Crippen LogP contribution in [0.15, 0.2) is 22.7 Å². The monoisotopic (exact) mass is 479 g/mol. The lowest BCUT2D eigenvalue weighted by Gasteiger charge is -2.45. The Hall–Kier alpha value is -1.45. The lowest BCUT2D eigenvalue weighted by molar-refractivity contribution is -0.283. The smallest absolute Gasteiger partial charge is 0.417 e. The van der Waals surface area contributed by atoms with Gasteiger partial charge in [0.1, 0.15) is 11.8 Å². The highest BCUT2D eigenvalue weighted by Crippen LogP contribution is 2.47. The Bertz CT molecular complexity index is 746. The summed E-state index contributed by atoms with van der Waals surface area (Å²) in [5, 5.41) is 3.00. The van der Waals surface area contributed by atoms with Crippen LogP contribution in [0.4, 0.5) is 13.2 Å². The molecule has 0 aliphatic heterocycles. The lowest BCUT2D eigenvalue weighted by atomic mass is 9.73. The normalized spacial score (nSPS) is 26.0. The summed E-state index contributed by atoms with van der Waals surface area (Å²) >= 11 is 3.39. The summed E-state index contributed by atoms with van der Waals surface area (Å²) in [5.41, 5.74) is -1.83. The van der Waals surface area contributed by atoms with Crippen LogP contribution in [0.2, 0.25) is 0 Å². The molecule has 1 aliphatic rings. The number of benzene rings is 1. The van der Waals surface area contributed by atoms with Gasteiger partial charge in [0.25, 0.3) is 0 Å². The van der Waals surface area contributed by atoms with Crippen LogP contribution >= 0.6 is 15.9 Å². The molecule has 0 spiro atoms. The second kappa shape index (κ2) is 9.14. The van der Waals surface area contributed by atoms with Gasteiger partial charge in [-0.1, -0.05) is 22.0 Å². The molecule has 0 heterocycles. The fraction of sp³-hybridized carbons (Fsp3) is 0.600. The fourth-order valence-electron chi connectivity index (χ4n) is 3.87. The van der Waals surface area contributed by atoms with Gasteiger partial charge in [-0.05, 0) is 62.3 Å². The van der Waals surface area contributed by atoms with Crippen molar-refractivity contribution < 1.29 is 32.2 Å². The summed E-state index contributed by atoms with van der Waals surface area (Å²) in [6.45, 7) is 1.90. The van der Waals surface area contributed by atoms with Gasteiger partial charge in [0.05, 0.1) is 13.2 Å². The van der Waals surface area contributed by atoms with Crippen molar-refractivity contribution >= 4 is 28.2 Å². The van der Waals surface area contributed by atoms with Crippen LogP contribution < -0.4 is 5.32 Å². The number of hydrogen-bond donors (Lipinski definition) is 1. The minimum atomic E-state index is -4.55. The third-order valence-electron chi connectivity index (χ3n) is 5.77. The zero-order chi connectivity index (χ0) is 21.9. The molecule has 0 amide bonds. The molecule has 1 aromatic rings. The molecule has 0 bridgehead atoms. The number of aryl methyl sites for hydroxylation is 1. The van der Waals surface area contributed by atoms with E-state index < -0.39 is 42.2 Å². The number of alkyl halides is 3. The molecular weight excluding hydrogens is 455 g/mol. The molecule has 0 radical (unpaired) electrons. The van der Waals surface area contributed by atoms with E-state index >= 15 is 0 Å². The summed E-state index contributed by atoms with van der Waals surface area (Å²) in [7, 11) is 2.21. The van der Waals surface area contributed by atoms with E-state index in [1.165, 1.54) is 7.11 Å². The summed E-state index contributed by atoms with van der Waals surface area (Å²) in [6, 6.07) is 4.89. The molecule has 1 aliphatic carbocycles. The number of carbonyl (C=O) groups is 2. The van der Waals surface area contributed by atoms with E-state index in [1.807, 2.05) is 25.1 Å². The van der Waals surface area contributed by atoms with Gasteiger partial charge < -0.3 is 14.3 Å². The molecule has 162 valence electrons. The maximum atomic E-state index is 13.5. The van der Waals surface area contributed by atoms with Crippen molar-refractivity contribution in [3.8, 4) is 0 Å². The first-order chi connectivity index (χ1) is 13.5. The molecule has 1 aromatic carbocycles. The number of ether oxygens (including phenoxy) is 2. The first kappa shape index (κ1) is 23.8. The van der Waals surface area contributed by atoms with Crippen LogP contribution in [0.25, 0.3) is 0 Å². The molecule has 0 aromatic heterocycles. The Morgan fingerprint density at radius 2 is 1.90 bits per heavy atom. The van der Waals surface area contributed by atoms with Crippen molar-refractivity contribution in [2.75, 3.05) is 14.2 Å². The topological polar surface area (TPSA) is 64.6 Å². The van der Waals surface area contributed by atoms with E-state index in [1.54, 1.807) is 0 Å². The van der Waals surface area contributed by atoms with Crippen molar-refractivity contribution in [2.45, 2.75) is 62.4 Å². The number of methoxy groups -OCH3 is 2. The number of hydrogen-bond acceptors (Lipinski definition) is 5. The lowest BCUT2D eigenvalue weighted by Crippen LogP contribution is -2.63. The molecule has 1 N–H and O–H groups in total. The summed E-state index contributed by atoms with van der Waals surface area (Å²) in [5.74, 6) is -0.679. The Balaban J connectivity index is 2.25. The Morgan fingerprint density at radius 3 is 2.38 bits per heavy atom. The maximum Gasteiger partial charge on any atom is 0.417 e. The van der Waals surface area contributed by atoms with Crippen molar-refractivity contribution in [1.29, 1.82) is 0 Å². The fourth-order valence-corrected chi connectivity index (χ4v) is 4.28. The highest BCUT2D eigenvalue weighted by Gasteiger charge is 2.60. The molecule has 1 unspecified atom stereocenters. The van der Waals surface area contributed by atoms with Crippen LogP contribution in [0.3, 0.4) is 0 Å². The molecule has 9 heteroatoms. The predicted molar refractivity (Wildman–Crippen MR) is 105 cm³/mol. The summed E-state index contributed by atoms with van der Waals surface area (Å²) < 4.78 is 51.1. The third-order valence-corrected chi connectivity index (χ3v) is 6.26. The van der Waals surface area contributed by atoms with Gasteiger partial charge in [0, 0.05) is 11.6 Å². The highest BCUT2D eigenvalue weighted by atomic mass is 79.9. The standard InChI is InChI=1S/C20H25BrF3NO4/c1-13-4-5-15(21)10-14(13)11-16(12-26)25-18(17(27)28-2)6-8-19(29-3,9-7-18)20(22,23)24/h4-5,10,12,16,25H,6-9,11H2,1-3H3. The Kier molecular flexibility index (Phi) is 7.51. The van der Waals surface area contributed by atoms with Crippen molar-refractivity contribution in [3.63, 3.8) is 0 Å². The van der Waals surface area contributed by atoms with E-state index in [0.29, 0.717) is 12.7 Å². The minimum Gasteiger partial charge on any atom is -0.468 e. The van der Waals surface area contributed by atoms with E-state index in [0.717, 1.165) is 22.7 Å². The molecule has 1 fully saturated rings. The van der Waals surface area contributed by atoms with Crippen molar-refractivity contribution in [2.24, 2.45) is 0 Å². The molecule has 1 atom stereocenters. The van der Waals surface area contributed by atoms with Gasteiger partial charge in [-0.15, -0.1) is 0 Å². The predicted octanol–water partition coefficient (Wildman–Crippen LogP) is 3.89. The second-order valence-corrected chi connectivity index (χ2v) is 8.35. The average Bonchev–Trinajstić information content (AvgIpc) is 2.69. The first-order valence-electron chi connectivity index (χ1n) is 9.21. The van der Waals surface area contributed by atoms with E-state index in [-0.39, 0.29) is 12.8 Å². The molecule has 29 heavy (non-hydrogen) atoms. The van der Waals surface area contributed by atoms with Crippen LogP contribution in [-0.4, -0.2) is 49.8 Å². The van der Waals surface area contributed by atoms with Crippen molar-refractivity contribution in [3.05, 3.63) is 33.8 Å². The number of carbonyl (C=O) groups excluding carboxylic acids is 2. The molecule has 2 rings (SSSR count). The number of rotatable bonds is 7. The SMILES string of the molecule is COC(=O)C1(NC(C=O)Cc2cc(Br)ccc2C)CCC(OC)(C(F)(F)F)CC1. The van der Waals surface area contributed by atoms with Gasteiger partial charge in [-0.2, -0.15) is 13.2 Å². The van der Waals surface area contributed by atoms with Crippen LogP contribution in [0, 0.1) is 6.92 Å². The number of aldehydes is 1. The van der Waals surface area contributed by atoms with Crippen molar-refractivity contribution in [1.82, 2.24) is 5.32 Å². The average molecular weight is 480 g/mol. The number of halogens is 4. The van der Waals surface area contributed by atoms with Gasteiger partial charge in [0.15, 0.2) is 5.60 Å². The summed E-state index contributed by atoms with van der Waals surface area (Å²) in [4.78, 5) is 24.3. The van der Waals surface area contributed by atoms with Crippen LogP contribution in [-0.2, 0) is 25.5 Å². The molecule has 1 saturated carbocycles. The Morgan fingerprint density at radius 1 is 1.28 bits per heavy atom. The minimum absolute atomic E-state index is 0.158. The van der Waals surface area contributed by atoms with Gasteiger partial charge in [-0.3, -0.25) is 10.1 Å². The number of esters is 1. The molecule has 0 saturated heterocycles. The van der Waals surface area contributed by atoms with E-state index in [4.69, 9.17) is 9.47 Å².